The molecule has 246 valence electrons. The molecule has 0 aliphatic carbocycles. The molecule has 2 aromatic rings. The van der Waals surface area contributed by atoms with E-state index in [2.05, 4.69) is 42.4 Å². The Hall–Kier alpha value is -4.90. The van der Waals surface area contributed by atoms with Gasteiger partial charge < -0.3 is 31.2 Å². The van der Waals surface area contributed by atoms with E-state index in [4.69, 9.17) is 15.2 Å². The molecule has 1 saturated heterocycles. The molecule has 17 heteroatoms. The monoisotopic (exact) mass is 652 g/mol. The van der Waals surface area contributed by atoms with Gasteiger partial charge in [0.25, 0.3) is 5.91 Å². The standard InChI is InChI=1S/C29H30F6N8O3/c1-3-37-22-16-39-27(38-8-9-43-10-12-46-13-11-43)42-24(22)25(36)41-21-14-17(4-6-19(21)28(30,31)32)26(44)40-18-5-7-23(45-2)20(15-18)29(33,34)35/h3-7,14-16,41H,1,8-13,36H2,2H3,(H,38,42)(H,40,44)/b25-24-,37-22-. The number of amides is 1. The number of nitrogens with two attached hydrogens (primary N) is 1. The van der Waals surface area contributed by atoms with Crippen molar-refractivity contribution in [3.63, 3.8) is 0 Å². The number of nitrogens with one attached hydrogen (secondary N) is 3. The normalized spacial score (nSPS) is 17.7. The molecule has 11 nitrogen and oxygen atoms in total. The lowest BCUT2D eigenvalue weighted by molar-refractivity contribution is -0.139. The van der Waals surface area contributed by atoms with Gasteiger partial charge in [-0.1, -0.05) is 6.58 Å². The Kier molecular flexibility index (Phi) is 10.7. The number of anilines is 2. The van der Waals surface area contributed by atoms with Gasteiger partial charge in [-0.25, -0.2) is 9.98 Å². The molecular weight excluding hydrogens is 622 g/mol. The van der Waals surface area contributed by atoms with Crippen LogP contribution in [-0.2, 0) is 17.1 Å². The summed E-state index contributed by atoms with van der Waals surface area (Å²) in [7, 11) is 1.06. The number of rotatable bonds is 9. The van der Waals surface area contributed by atoms with Crippen LogP contribution in [0.25, 0.3) is 0 Å². The zero-order valence-corrected chi connectivity index (χ0v) is 24.4. The van der Waals surface area contributed by atoms with Gasteiger partial charge in [-0.2, -0.15) is 26.3 Å². The maximum atomic E-state index is 14.0. The Balaban J connectivity index is 1.61. The van der Waals surface area contributed by atoms with Gasteiger partial charge in [0.2, 0.25) is 5.96 Å². The van der Waals surface area contributed by atoms with Gasteiger partial charge in [0.15, 0.2) is 0 Å². The Morgan fingerprint density at radius 3 is 2.46 bits per heavy atom. The fourth-order valence-corrected chi connectivity index (χ4v) is 4.45. The van der Waals surface area contributed by atoms with Gasteiger partial charge in [0.1, 0.15) is 23.0 Å². The predicted octanol–water partition coefficient (Wildman–Crippen LogP) is 4.47. The minimum Gasteiger partial charge on any atom is -0.496 e. The van der Waals surface area contributed by atoms with E-state index in [0.29, 0.717) is 38.4 Å². The van der Waals surface area contributed by atoms with Crippen LogP contribution < -0.4 is 26.4 Å². The molecule has 46 heavy (non-hydrogen) atoms. The number of halogens is 6. The number of guanidine groups is 1. The molecule has 2 aliphatic heterocycles. The van der Waals surface area contributed by atoms with Crippen molar-refractivity contribution in [2.24, 2.45) is 20.7 Å². The van der Waals surface area contributed by atoms with Crippen molar-refractivity contribution in [2.45, 2.75) is 12.4 Å². The molecule has 0 saturated carbocycles. The Morgan fingerprint density at radius 1 is 1.09 bits per heavy atom. The van der Waals surface area contributed by atoms with E-state index >= 15 is 0 Å². The van der Waals surface area contributed by atoms with Crippen molar-refractivity contribution in [2.75, 3.05) is 57.1 Å². The summed E-state index contributed by atoms with van der Waals surface area (Å²) in [5, 5.41) is 7.77. The molecule has 0 spiro atoms. The second-order valence-electron chi connectivity index (χ2n) is 9.78. The number of ether oxygens (including phenoxy) is 2. The van der Waals surface area contributed by atoms with Gasteiger partial charge in [-0.15, -0.1) is 0 Å². The molecule has 0 aromatic heterocycles. The lowest BCUT2D eigenvalue weighted by Gasteiger charge is -2.26. The molecular formula is C29H30F6N8O3. The number of benzene rings is 2. The van der Waals surface area contributed by atoms with Crippen molar-refractivity contribution in [3.05, 3.63) is 77.4 Å². The highest BCUT2D eigenvalue weighted by atomic mass is 19.4. The number of hydrogen-bond acceptors (Lipinski definition) is 10. The average Bonchev–Trinajstić information content (AvgIpc) is 3.01. The molecule has 0 bridgehead atoms. The number of methoxy groups -OCH3 is 1. The quantitative estimate of drug-likeness (QED) is 0.294. The second-order valence-corrected chi connectivity index (χ2v) is 9.78. The van der Waals surface area contributed by atoms with E-state index in [1.165, 1.54) is 12.4 Å². The highest BCUT2D eigenvalue weighted by Gasteiger charge is 2.36. The first-order valence-corrected chi connectivity index (χ1v) is 13.7. The summed E-state index contributed by atoms with van der Waals surface area (Å²) in [6, 6.07) is 5.21. The molecule has 0 atom stereocenters. The molecule has 2 heterocycles. The third kappa shape index (κ3) is 8.63. The number of allylic oxidation sites excluding steroid dienone is 1. The first kappa shape index (κ1) is 34.0. The third-order valence-electron chi connectivity index (χ3n) is 6.69. The molecule has 5 N–H and O–H groups in total. The number of alkyl halides is 6. The first-order chi connectivity index (χ1) is 21.8. The zero-order valence-electron chi connectivity index (χ0n) is 24.4. The summed E-state index contributed by atoms with van der Waals surface area (Å²) in [5.74, 6) is -1.67. The van der Waals surface area contributed by atoms with E-state index in [1.807, 2.05) is 0 Å². The highest BCUT2D eigenvalue weighted by Crippen LogP contribution is 2.38. The molecule has 2 aliphatic rings. The predicted molar refractivity (Wildman–Crippen MR) is 161 cm³/mol. The number of carbonyl (C=O) groups is 1. The summed E-state index contributed by atoms with van der Waals surface area (Å²) in [6.45, 7) is 7.42. The van der Waals surface area contributed by atoms with E-state index in [1.54, 1.807) is 0 Å². The van der Waals surface area contributed by atoms with Gasteiger partial charge in [0.05, 0.1) is 43.4 Å². The summed E-state index contributed by atoms with van der Waals surface area (Å²) in [6.07, 6.45) is -7.17. The number of aliphatic imine (C=N–C) groups is 3. The third-order valence-corrected chi connectivity index (χ3v) is 6.69. The van der Waals surface area contributed by atoms with Crippen LogP contribution in [0.3, 0.4) is 0 Å². The largest absolute Gasteiger partial charge is 0.496 e. The van der Waals surface area contributed by atoms with Crippen LogP contribution in [0.1, 0.15) is 21.5 Å². The summed E-state index contributed by atoms with van der Waals surface area (Å²) >= 11 is 0. The summed E-state index contributed by atoms with van der Waals surface area (Å²) in [5.41, 5.74) is 2.75. The van der Waals surface area contributed by atoms with Gasteiger partial charge in [-0.05, 0) is 36.4 Å². The Labute approximate surface area is 259 Å². The van der Waals surface area contributed by atoms with Gasteiger partial charge in [-0.3, -0.25) is 14.7 Å². The number of hydrogen-bond donors (Lipinski definition) is 4. The smallest absolute Gasteiger partial charge is 0.420 e. The van der Waals surface area contributed by atoms with Crippen molar-refractivity contribution < 1.29 is 40.6 Å². The molecule has 4 rings (SSSR count). The lowest BCUT2D eigenvalue weighted by atomic mass is 10.1. The highest BCUT2D eigenvalue weighted by molar-refractivity contribution is 6.41. The summed E-state index contributed by atoms with van der Waals surface area (Å²) in [4.78, 5) is 27.7. The fourth-order valence-electron chi connectivity index (χ4n) is 4.45. The SMILES string of the molecule is C=C/N=C1/C=NC(NCCN2CCOCC2)=N/C1=C(/N)Nc1cc(C(=O)Nc2ccc(OC)c(C(F)(F)F)c2)ccc1C(F)(F)F. The fraction of sp³-hybridized carbons (Fsp3) is 0.310. The Morgan fingerprint density at radius 2 is 1.80 bits per heavy atom. The topological polar surface area (TPSA) is 138 Å². The zero-order chi connectivity index (χ0) is 33.5. The van der Waals surface area contributed by atoms with E-state index in [9.17, 15) is 31.1 Å². The number of nitrogens with zero attached hydrogens (tertiary/aromatic N) is 4. The average molecular weight is 653 g/mol. The van der Waals surface area contributed by atoms with Crippen molar-refractivity contribution in [1.82, 2.24) is 10.2 Å². The van der Waals surface area contributed by atoms with Gasteiger partial charge in [0, 0.05) is 43.6 Å². The van der Waals surface area contributed by atoms with Crippen LogP contribution in [0.2, 0.25) is 0 Å². The number of morpholine rings is 1. The van der Waals surface area contributed by atoms with Crippen LogP contribution >= 0.6 is 0 Å². The summed E-state index contributed by atoms with van der Waals surface area (Å²) < 4.78 is 92.3. The van der Waals surface area contributed by atoms with Crippen LogP contribution in [0.4, 0.5) is 37.7 Å². The molecule has 1 fully saturated rings. The van der Waals surface area contributed by atoms with E-state index < -0.39 is 40.8 Å². The number of carbonyl (C=O) groups excluding carboxylic acids is 1. The molecule has 2 aromatic carbocycles. The van der Waals surface area contributed by atoms with Crippen LogP contribution in [0, 0.1) is 0 Å². The van der Waals surface area contributed by atoms with E-state index in [-0.39, 0.29) is 34.4 Å². The first-order valence-electron chi connectivity index (χ1n) is 13.7. The molecule has 1 amide bonds. The van der Waals surface area contributed by atoms with Crippen LogP contribution in [0.5, 0.6) is 5.75 Å². The maximum Gasteiger partial charge on any atom is 0.420 e. The van der Waals surface area contributed by atoms with Crippen LogP contribution in [0.15, 0.2) is 75.7 Å². The minimum atomic E-state index is -4.87. The van der Waals surface area contributed by atoms with Crippen molar-refractivity contribution >= 4 is 35.2 Å². The second kappa shape index (κ2) is 14.5. The molecule has 0 unspecified atom stereocenters. The lowest BCUT2D eigenvalue weighted by Crippen LogP contribution is -2.41. The van der Waals surface area contributed by atoms with E-state index in [0.717, 1.165) is 44.5 Å². The van der Waals surface area contributed by atoms with Crippen molar-refractivity contribution in [3.8, 4) is 5.75 Å². The van der Waals surface area contributed by atoms with Crippen LogP contribution in [-0.4, -0.2) is 75.2 Å². The van der Waals surface area contributed by atoms with Crippen molar-refractivity contribution in [1.29, 1.82) is 0 Å². The molecule has 0 radical (unpaired) electrons. The Bertz CT molecular complexity index is 1580. The maximum absolute atomic E-state index is 14.0. The minimum absolute atomic E-state index is 0.0512. The van der Waals surface area contributed by atoms with Gasteiger partial charge >= 0.3 is 12.4 Å².